The third-order valence-corrected chi connectivity index (χ3v) is 6.26. The van der Waals surface area contributed by atoms with Gasteiger partial charge in [-0.25, -0.2) is 0 Å². The van der Waals surface area contributed by atoms with Crippen LogP contribution in [0.4, 0.5) is 0 Å². The van der Waals surface area contributed by atoms with Gasteiger partial charge in [0.05, 0.1) is 18.3 Å². The zero-order valence-corrected chi connectivity index (χ0v) is 15.9. The Morgan fingerprint density at radius 2 is 1.64 bits per heavy atom. The molecule has 1 aromatic carbocycles. The Balaban J connectivity index is 1.26. The highest BCUT2D eigenvalue weighted by Gasteiger charge is 2.47. The molecule has 28 heavy (non-hydrogen) atoms. The maximum Gasteiger partial charge on any atom is 0.308 e. The maximum atomic E-state index is 12.4. The minimum absolute atomic E-state index is 0.0382. The van der Waals surface area contributed by atoms with Gasteiger partial charge in [0.1, 0.15) is 0 Å². The zero-order chi connectivity index (χ0) is 19.7. The summed E-state index contributed by atoms with van der Waals surface area (Å²) in [4.78, 5) is 50.3. The van der Waals surface area contributed by atoms with Crippen molar-refractivity contribution >= 4 is 23.6 Å². The second-order valence-electron chi connectivity index (χ2n) is 8.00. The first-order valence-electron chi connectivity index (χ1n) is 10.2. The Kier molecular flexibility index (Phi) is 5.29. The number of Topliss-reactive ketones (excluding diaryl/α,β-unsaturated/α-hetero) is 1. The number of imide groups is 1. The first-order chi connectivity index (χ1) is 13.5. The van der Waals surface area contributed by atoms with E-state index in [1.165, 1.54) is 16.0 Å². The number of hydrogen-bond donors (Lipinski definition) is 0. The summed E-state index contributed by atoms with van der Waals surface area (Å²) in [5, 5.41) is 0. The number of carbonyl (C=O) groups excluding carboxylic acids is 4. The summed E-state index contributed by atoms with van der Waals surface area (Å²) in [5.74, 6) is -1.53. The van der Waals surface area contributed by atoms with E-state index in [4.69, 9.17) is 4.74 Å². The number of amides is 2. The van der Waals surface area contributed by atoms with Crippen molar-refractivity contribution in [2.45, 2.75) is 51.4 Å². The predicted molar refractivity (Wildman–Crippen MR) is 101 cm³/mol. The number of nitrogens with zero attached hydrogens (tertiary/aromatic N) is 1. The lowest BCUT2D eigenvalue weighted by molar-refractivity contribution is -0.145. The summed E-state index contributed by atoms with van der Waals surface area (Å²) in [6.07, 6.45) is 6.52. The van der Waals surface area contributed by atoms with Crippen molar-refractivity contribution in [3.8, 4) is 0 Å². The van der Waals surface area contributed by atoms with Crippen LogP contribution in [0.1, 0.15) is 60.0 Å². The van der Waals surface area contributed by atoms with Gasteiger partial charge in [0, 0.05) is 12.1 Å². The standard InChI is InChI=1S/C22H25NO5/c24-19(16-9-8-14-4-3-5-15(14)12-16)13-28-20(25)10-11-23-21(26)17-6-1-2-7-18(17)22(23)27/h8-9,12,17-18H,1-7,10-11,13H2/t17-,18-/m1/s1. The number of ketones is 1. The second-order valence-corrected chi connectivity index (χ2v) is 8.00. The first kappa shape index (κ1) is 18.8. The SMILES string of the molecule is O=C(CCN1C(=O)[C@@H]2CCCC[C@H]2C1=O)OCC(=O)c1ccc2c(c1)CCC2. The molecule has 6 nitrogen and oxygen atoms in total. The van der Waals surface area contributed by atoms with E-state index in [0.29, 0.717) is 5.56 Å². The van der Waals surface area contributed by atoms with Gasteiger partial charge in [-0.05, 0) is 49.3 Å². The van der Waals surface area contributed by atoms with Crippen molar-refractivity contribution in [3.05, 3.63) is 34.9 Å². The molecule has 2 fully saturated rings. The number of esters is 1. The molecule has 1 saturated heterocycles. The van der Waals surface area contributed by atoms with Gasteiger partial charge in [0.2, 0.25) is 11.8 Å². The molecule has 0 N–H and O–H groups in total. The smallest absolute Gasteiger partial charge is 0.308 e. The minimum Gasteiger partial charge on any atom is -0.457 e. The Bertz CT molecular complexity index is 806. The van der Waals surface area contributed by atoms with Gasteiger partial charge in [0.15, 0.2) is 12.4 Å². The molecule has 2 atom stereocenters. The molecule has 0 spiro atoms. The van der Waals surface area contributed by atoms with E-state index in [2.05, 4.69) is 0 Å². The van der Waals surface area contributed by atoms with Crippen LogP contribution in [0, 0.1) is 11.8 Å². The molecule has 2 amide bonds. The minimum atomic E-state index is -0.565. The van der Waals surface area contributed by atoms with Crippen LogP contribution in [0.15, 0.2) is 18.2 Å². The summed E-state index contributed by atoms with van der Waals surface area (Å²) in [7, 11) is 0. The molecular weight excluding hydrogens is 358 g/mol. The lowest BCUT2D eigenvalue weighted by atomic mass is 9.81. The monoisotopic (exact) mass is 383 g/mol. The van der Waals surface area contributed by atoms with Crippen LogP contribution in [0.3, 0.4) is 0 Å². The number of aryl methyl sites for hydroxylation is 2. The average Bonchev–Trinajstić information content (AvgIpc) is 3.28. The number of benzene rings is 1. The molecule has 148 valence electrons. The van der Waals surface area contributed by atoms with Gasteiger partial charge in [-0.2, -0.15) is 0 Å². The van der Waals surface area contributed by atoms with E-state index in [1.807, 2.05) is 12.1 Å². The third kappa shape index (κ3) is 3.60. The lowest BCUT2D eigenvalue weighted by Crippen LogP contribution is -2.33. The van der Waals surface area contributed by atoms with Crippen LogP contribution in [0.5, 0.6) is 0 Å². The summed E-state index contributed by atoms with van der Waals surface area (Å²) >= 11 is 0. The van der Waals surface area contributed by atoms with Crippen molar-refractivity contribution in [3.63, 3.8) is 0 Å². The third-order valence-electron chi connectivity index (χ3n) is 6.26. The number of ether oxygens (including phenoxy) is 1. The highest BCUT2D eigenvalue weighted by atomic mass is 16.5. The van der Waals surface area contributed by atoms with Gasteiger partial charge in [0.25, 0.3) is 0 Å². The van der Waals surface area contributed by atoms with Crippen LogP contribution >= 0.6 is 0 Å². The Morgan fingerprint density at radius 3 is 2.36 bits per heavy atom. The Hall–Kier alpha value is -2.50. The fourth-order valence-corrected chi connectivity index (χ4v) is 4.70. The van der Waals surface area contributed by atoms with Gasteiger partial charge in [-0.3, -0.25) is 24.1 Å². The molecule has 1 heterocycles. The van der Waals surface area contributed by atoms with Crippen molar-refractivity contribution in [2.24, 2.45) is 11.8 Å². The topological polar surface area (TPSA) is 80.8 Å². The number of hydrogen-bond acceptors (Lipinski definition) is 5. The van der Waals surface area contributed by atoms with Crippen molar-refractivity contribution in [1.29, 1.82) is 0 Å². The van der Waals surface area contributed by atoms with Crippen LogP contribution in [0.25, 0.3) is 0 Å². The summed E-state index contributed by atoms with van der Waals surface area (Å²) in [6.45, 7) is -0.276. The number of likely N-dealkylation sites (tertiary alicyclic amines) is 1. The van der Waals surface area contributed by atoms with Crippen molar-refractivity contribution in [2.75, 3.05) is 13.2 Å². The first-order valence-corrected chi connectivity index (χ1v) is 10.2. The van der Waals surface area contributed by atoms with Crippen LogP contribution in [-0.2, 0) is 32.0 Å². The largest absolute Gasteiger partial charge is 0.457 e. The highest BCUT2D eigenvalue weighted by molar-refractivity contribution is 6.05. The number of carbonyl (C=O) groups is 4. The molecule has 1 saturated carbocycles. The average molecular weight is 383 g/mol. The van der Waals surface area contributed by atoms with E-state index in [9.17, 15) is 19.2 Å². The van der Waals surface area contributed by atoms with E-state index in [-0.39, 0.29) is 49.0 Å². The molecule has 2 aliphatic carbocycles. The van der Waals surface area contributed by atoms with Gasteiger partial charge < -0.3 is 4.74 Å². The summed E-state index contributed by atoms with van der Waals surface area (Å²) < 4.78 is 5.09. The molecule has 1 aliphatic heterocycles. The molecule has 6 heteroatoms. The Labute approximate surface area is 164 Å². The molecule has 4 rings (SSSR count). The maximum absolute atomic E-state index is 12.4. The van der Waals surface area contributed by atoms with Gasteiger partial charge >= 0.3 is 5.97 Å². The normalized spacial score (nSPS) is 23.5. The second kappa shape index (κ2) is 7.86. The predicted octanol–water partition coefficient (Wildman–Crippen LogP) is 2.47. The van der Waals surface area contributed by atoms with Crippen LogP contribution in [-0.4, -0.2) is 41.6 Å². The van der Waals surface area contributed by atoms with Crippen LogP contribution < -0.4 is 0 Å². The van der Waals surface area contributed by atoms with Gasteiger partial charge in [-0.1, -0.05) is 25.0 Å². The van der Waals surface area contributed by atoms with Crippen molar-refractivity contribution < 1.29 is 23.9 Å². The number of rotatable bonds is 6. The Morgan fingerprint density at radius 1 is 0.964 bits per heavy atom. The van der Waals surface area contributed by atoms with E-state index in [0.717, 1.165) is 44.9 Å². The van der Waals surface area contributed by atoms with Gasteiger partial charge in [-0.15, -0.1) is 0 Å². The van der Waals surface area contributed by atoms with Crippen LogP contribution in [0.2, 0.25) is 0 Å². The molecule has 0 unspecified atom stereocenters. The molecule has 0 aromatic heterocycles. The summed E-state index contributed by atoms with van der Waals surface area (Å²) in [5.41, 5.74) is 3.04. The fraction of sp³-hybridized carbons (Fsp3) is 0.545. The van der Waals surface area contributed by atoms with E-state index < -0.39 is 5.97 Å². The lowest BCUT2D eigenvalue weighted by Gasteiger charge is -2.19. The molecule has 0 radical (unpaired) electrons. The molecule has 3 aliphatic rings. The number of fused-ring (bicyclic) bond motifs is 2. The zero-order valence-electron chi connectivity index (χ0n) is 15.9. The summed E-state index contributed by atoms with van der Waals surface area (Å²) in [6, 6.07) is 5.65. The fourth-order valence-electron chi connectivity index (χ4n) is 4.70. The molecule has 0 bridgehead atoms. The molecule has 1 aromatic rings. The van der Waals surface area contributed by atoms with Crippen molar-refractivity contribution in [1.82, 2.24) is 4.90 Å². The molecular formula is C22H25NO5. The quantitative estimate of drug-likeness (QED) is 0.428. The highest BCUT2D eigenvalue weighted by Crippen LogP contribution is 2.38. The van der Waals surface area contributed by atoms with E-state index in [1.54, 1.807) is 6.07 Å². The van der Waals surface area contributed by atoms with E-state index >= 15 is 0 Å².